The van der Waals surface area contributed by atoms with Crippen LogP contribution in [0.15, 0.2) is 30.5 Å². The average molecular weight is 534 g/mol. The number of hydrogen-bond acceptors (Lipinski definition) is 6. The molecule has 3 aromatic rings. The van der Waals surface area contributed by atoms with Gasteiger partial charge in [0.2, 0.25) is 5.95 Å². The van der Waals surface area contributed by atoms with E-state index in [1.807, 2.05) is 12.3 Å². The summed E-state index contributed by atoms with van der Waals surface area (Å²) in [6.45, 7) is 5.45. The highest BCUT2D eigenvalue weighted by molar-refractivity contribution is 6.43. The monoisotopic (exact) mass is 533 g/mol. The largest absolute Gasteiger partial charge is 0.349 e. The van der Waals surface area contributed by atoms with Gasteiger partial charge in [0.1, 0.15) is 17.1 Å². The lowest BCUT2D eigenvalue weighted by Gasteiger charge is -2.44. The van der Waals surface area contributed by atoms with Crippen molar-refractivity contribution in [3.63, 3.8) is 0 Å². The van der Waals surface area contributed by atoms with E-state index in [0.29, 0.717) is 18.2 Å². The molecule has 3 fully saturated rings. The number of benzene rings is 1. The molecule has 0 spiro atoms. The first-order valence-corrected chi connectivity index (χ1v) is 13.5. The summed E-state index contributed by atoms with van der Waals surface area (Å²) < 4.78 is 15.0. The molecule has 192 valence electrons. The van der Waals surface area contributed by atoms with Crippen molar-refractivity contribution in [3.8, 4) is 5.69 Å². The van der Waals surface area contributed by atoms with Crippen LogP contribution >= 0.6 is 23.2 Å². The third-order valence-corrected chi connectivity index (χ3v) is 8.41. The molecule has 0 saturated carbocycles. The van der Waals surface area contributed by atoms with Gasteiger partial charge in [-0.2, -0.15) is 4.68 Å². The van der Waals surface area contributed by atoms with E-state index in [9.17, 15) is 4.39 Å². The molecular weight excluding hydrogens is 502 g/mol. The molecule has 3 aliphatic heterocycles. The zero-order valence-electron chi connectivity index (χ0n) is 20.2. The van der Waals surface area contributed by atoms with E-state index in [1.165, 1.54) is 87.9 Å². The number of hydrogen-bond donors (Lipinski definition) is 3. The molecule has 3 saturated heterocycles. The van der Waals surface area contributed by atoms with Crippen LogP contribution in [0.2, 0.25) is 10.0 Å². The molecule has 2 unspecified atom stereocenters. The number of tetrazole rings is 1. The van der Waals surface area contributed by atoms with Crippen LogP contribution in [0, 0.1) is 5.82 Å². The molecule has 11 heteroatoms. The second-order valence-corrected chi connectivity index (χ2v) is 10.4. The highest BCUT2D eigenvalue weighted by Crippen LogP contribution is 2.36. The normalized spacial score (nSPS) is 23.1. The van der Waals surface area contributed by atoms with Crippen LogP contribution in [0.25, 0.3) is 5.69 Å². The molecule has 36 heavy (non-hydrogen) atoms. The number of aromatic nitrogens is 5. The Morgan fingerprint density at radius 2 is 1.86 bits per heavy atom. The predicted octanol–water partition coefficient (Wildman–Crippen LogP) is 3.54. The van der Waals surface area contributed by atoms with Gasteiger partial charge in [0.15, 0.2) is 0 Å². The smallest absolute Gasteiger partial charge is 0.248 e. The van der Waals surface area contributed by atoms with Crippen LogP contribution in [0.1, 0.15) is 56.2 Å². The molecule has 3 aliphatic rings. The molecule has 6 rings (SSSR count). The summed E-state index contributed by atoms with van der Waals surface area (Å²) in [6.07, 6.45) is 11.1. The van der Waals surface area contributed by atoms with Crippen molar-refractivity contribution < 1.29 is 9.29 Å². The predicted molar refractivity (Wildman–Crippen MR) is 138 cm³/mol. The van der Waals surface area contributed by atoms with E-state index < -0.39 is 5.82 Å². The van der Waals surface area contributed by atoms with Crippen LogP contribution in [0.5, 0.6) is 0 Å². The molecule has 1 aromatic carbocycles. The number of nitrogens with zero attached hydrogens (tertiary/aromatic N) is 5. The first kappa shape index (κ1) is 25.3. The molecule has 0 bridgehead atoms. The van der Waals surface area contributed by atoms with Crippen molar-refractivity contribution in [2.24, 2.45) is 0 Å². The van der Waals surface area contributed by atoms with Crippen molar-refractivity contribution in [2.45, 2.75) is 57.0 Å². The van der Waals surface area contributed by atoms with Gasteiger partial charge in [0.05, 0.1) is 35.2 Å². The summed E-state index contributed by atoms with van der Waals surface area (Å²) in [4.78, 5) is 6.38. The second kappa shape index (κ2) is 11.4. The summed E-state index contributed by atoms with van der Waals surface area (Å²) in [5, 5.41) is 18.3. The van der Waals surface area contributed by atoms with Gasteiger partial charge in [-0.25, -0.2) is 4.39 Å². The Hall–Kier alpha value is -2.33. The highest BCUT2D eigenvalue weighted by Gasteiger charge is 2.55. The Balaban J connectivity index is 0.000000330. The summed E-state index contributed by atoms with van der Waals surface area (Å²) in [6, 6.07) is 6.77. The van der Waals surface area contributed by atoms with Crippen LogP contribution in [-0.2, 0) is 12.1 Å². The minimum absolute atomic E-state index is 0.0580. The van der Waals surface area contributed by atoms with E-state index in [-0.39, 0.29) is 15.6 Å². The van der Waals surface area contributed by atoms with Gasteiger partial charge in [-0.15, -0.1) is 0 Å². The van der Waals surface area contributed by atoms with Gasteiger partial charge in [-0.05, 0) is 60.1 Å². The summed E-state index contributed by atoms with van der Waals surface area (Å²) in [5.74, 6) is -0.197. The fourth-order valence-electron chi connectivity index (χ4n) is 5.58. The number of nitrogens with one attached hydrogen (secondary N) is 3. The van der Waals surface area contributed by atoms with Crippen LogP contribution in [-0.4, -0.2) is 51.4 Å². The average Bonchev–Trinajstić information content (AvgIpc) is 3.31. The van der Waals surface area contributed by atoms with Crippen molar-refractivity contribution in [3.05, 3.63) is 57.6 Å². The Morgan fingerprint density at radius 3 is 2.61 bits per heavy atom. The molecule has 3 N–H and O–H groups in total. The lowest BCUT2D eigenvalue weighted by atomic mass is 9.79. The maximum absolute atomic E-state index is 13.6. The van der Waals surface area contributed by atoms with E-state index in [0.717, 1.165) is 11.3 Å². The molecular formula is C25H32Cl2FN8+. The van der Waals surface area contributed by atoms with Crippen LogP contribution in [0.3, 0.4) is 0 Å². The zero-order valence-corrected chi connectivity index (χ0v) is 21.8. The zero-order chi connectivity index (χ0) is 25.0. The van der Waals surface area contributed by atoms with Gasteiger partial charge in [-0.3, -0.25) is 4.98 Å². The Bertz CT molecular complexity index is 1170. The van der Waals surface area contributed by atoms with E-state index in [4.69, 9.17) is 28.2 Å². The molecule has 0 aliphatic carbocycles. The molecule has 0 amide bonds. The summed E-state index contributed by atoms with van der Waals surface area (Å²) >= 11 is 12.1. The SMILES string of the molecule is C1CCCNCC1.Fc1ccc(-n2nnnc2NCc2cccnc2C23CCC[NH+]2CC3)c(Cl)c1Cl. The van der Waals surface area contributed by atoms with E-state index in [1.54, 1.807) is 4.90 Å². The van der Waals surface area contributed by atoms with Crippen molar-refractivity contribution in [2.75, 3.05) is 31.5 Å². The molecule has 8 nitrogen and oxygen atoms in total. The molecule has 2 aromatic heterocycles. The van der Waals surface area contributed by atoms with Crippen molar-refractivity contribution in [1.82, 2.24) is 30.5 Å². The van der Waals surface area contributed by atoms with Crippen LogP contribution < -0.4 is 15.5 Å². The first-order valence-electron chi connectivity index (χ1n) is 12.8. The molecule has 5 heterocycles. The summed E-state index contributed by atoms with van der Waals surface area (Å²) in [7, 11) is 0. The maximum Gasteiger partial charge on any atom is 0.248 e. The van der Waals surface area contributed by atoms with Crippen molar-refractivity contribution in [1.29, 1.82) is 0 Å². The Kier molecular flexibility index (Phi) is 8.00. The third-order valence-electron chi connectivity index (χ3n) is 7.56. The van der Waals surface area contributed by atoms with Crippen molar-refractivity contribution >= 4 is 29.2 Å². The summed E-state index contributed by atoms with van der Waals surface area (Å²) in [5.41, 5.74) is 2.84. The van der Waals surface area contributed by atoms with Gasteiger partial charge < -0.3 is 15.5 Å². The highest BCUT2D eigenvalue weighted by atomic mass is 35.5. The van der Waals surface area contributed by atoms with Crippen LogP contribution in [0.4, 0.5) is 10.3 Å². The fourth-order valence-corrected chi connectivity index (χ4v) is 5.97. The second-order valence-electron chi connectivity index (χ2n) is 9.68. The molecule has 2 atom stereocenters. The first-order chi connectivity index (χ1) is 17.6. The van der Waals surface area contributed by atoms with Gasteiger partial charge >= 0.3 is 0 Å². The number of halogens is 3. The maximum atomic E-state index is 13.6. The minimum Gasteiger partial charge on any atom is -0.349 e. The van der Waals surface area contributed by atoms with E-state index in [2.05, 4.69) is 32.2 Å². The van der Waals surface area contributed by atoms with Gasteiger partial charge in [0.25, 0.3) is 0 Å². The van der Waals surface area contributed by atoms with Gasteiger partial charge in [0, 0.05) is 25.6 Å². The lowest BCUT2D eigenvalue weighted by Crippen LogP contribution is -3.23. The quantitative estimate of drug-likeness (QED) is 0.435. The third kappa shape index (κ3) is 5.07. The topological polar surface area (TPSA) is 85.0 Å². The Morgan fingerprint density at radius 1 is 1.03 bits per heavy atom. The van der Waals surface area contributed by atoms with Gasteiger partial charge in [-0.1, -0.05) is 47.2 Å². The number of rotatable bonds is 5. The Labute approximate surface area is 220 Å². The number of pyridine rings is 1. The minimum atomic E-state index is -0.591. The number of quaternary nitrogens is 1. The lowest BCUT2D eigenvalue weighted by molar-refractivity contribution is -0.992. The van der Waals surface area contributed by atoms with E-state index >= 15 is 0 Å². The fraction of sp³-hybridized carbons (Fsp3) is 0.520. The number of fused-ring (bicyclic) bond motifs is 1. The number of anilines is 1. The standard InChI is InChI=1S/C19H18Cl2FN7.C6H13N/c20-15-13(22)4-5-14(16(15)21)29-18(25-26-27-29)24-11-12-3-1-8-23-17(12)19-6-2-9-28(19)10-7-19;1-2-4-6-7-5-3-1/h1,3-5,8H,2,6-7,9-11H2,(H,24,25,27);7H,1-6H2/p+1. The molecule has 0 radical (unpaired) electrons.